The van der Waals surface area contributed by atoms with Gasteiger partial charge in [0.2, 0.25) is 0 Å². The van der Waals surface area contributed by atoms with E-state index in [0.29, 0.717) is 23.6 Å². The number of aromatic nitrogens is 2. The van der Waals surface area contributed by atoms with Crippen molar-refractivity contribution in [2.75, 3.05) is 26.0 Å². The van der Waals surface area contributed by atoms with Crippen LogP contribution >= 0.6 is 0 Å². The number of urea groups is 1. The topological polar surface area (TPSA) is 116 Å². The Labute approximate surface area is 169 Å². The van der Waals surface area contributed by atoms with E-state index in [2.05, 4.69) is 25.9 Å². The Morgan fingerprint density at radius 2 is 1.79 bits per heavy atom. The third-order valence-electron chi connectivity index (χ3n) is 3.84. The first-order chi connectivity index (χ1) is 13.7. The number of rotatable bonds is 6. The largest absolute Gasteiger partial charge is 0.350 e. The molecule has 0 aliphatic rings. The van der Waals surface area contributed by atoms with Gasteiger partial charge in [0.25, 0.3) is 11.8 Å². The van der Waals surface area contributed by atoms with Crippen LogP contribution in [0, 0.1) is 0 Å². The highest BCUT2D eigenvalue weighted by Gasteiger charge is 2.21. The molecule has 2 rings (SSSR count). The standard InChI is InChI=1S/C20H26N6O3/c1-6-21-20(29)25-17-8-7-13(10-23-17)16-9-14(18(27)24-12(2)3)15(11-22-16)19(28)26(4)5/h7-12H,6H2,1-5H3,(H,24,27)(H2,21,23,25,29). The number of anilines is 1. The molecule has 0 fully saturated rings. The lowest BCUT2D eigenvalue weighted by Gasteiger charge is -2.16. The minimum absolute atomic E-state index is 0.0808. The van der Waals surface area contributed by atoms with Crippen LogP contribution in [0.4, 0.5) is 10.6 Å². The van der Waals surface area contributed by atoms with Gasteiger partial charge in [-0.1, -0.05) is 0 Å². The molecule has 2 heterocycles. The van der Waals surface area contributed by atoms with Crippen molar-refractivity contribution in [2.45, 2.75) is 26.8 Å². The zero-order chi connectivity index (χ0) is 21.6. The summed E-state index contributed by atoms with van der Waals surface area (Å²) in [6.07, 6.45) is 2.94. The van der Waals surface area contributed by atoms with E-state index >= 15 is 0 Å². The van der Waals surface area contributed by atoms with Gasteiger partial charge in [-0.2, -0.15) is 0 Å². The molecule has 0 saturated carbocycles. The van der Waals surface area contributed by atoms with E-state index in [0.717, 1.165) is 0 Å². The lowest BCUT2D eigenvalue weighted by molar-refractivity contribution is 0.0817. The number of nitrogens with zero attached hydrogens (tertiary/aromatic N) is 3. The first-order valence-electron chi connectivity index (χ1n) is 9.26. The first-order valence-corrected chi connectivity index (χ1v) is 9.26. The predicted molar refractivity (Wildman–Crippen MR) is 111 cm³/mol. The maximum Gasteiger partial charge on any atom is 0.320 e. The molecule has 3 N–H and O–H groups in total. The molecule has 2 aromatic rings. The molecule has 0 aliphatic carbocycles. The second kappa shape index (κ2) is 9.63. The Bertz CT molecular complexity index is 894. The summed E-state index contributed by atoms with van der Waals surface area (Å²) in [4.78, 5) is 46.6. The monoisotopic (exact) mass is 398 g/mol. The van der Waals surface area contributed by atoms with Crippen molar-refractivity contribution >= 4 is 23.7 Å². The molecule has 0 unspecified atom stereocenters. The van der Waals surface area contributed by atoms with E-state index in [-0.39, 0.29) is 35.0 Å². The maximum absolute atomic E-state index is 12.6. The third-order valence-corrected chi connectivity index (χ3v) is 3.84. The fourth-order valence-electron chi connectivity index (χ4n) is 2.49. The molecule has 2 aromatic heterocycles. The number of hydrogen-bond acceptors (Lipinski definition) is 5. The van der Waals surface area contributed by atoms with Crippen molar-refractivity contribution in [2.24, 2.45) is 0 Å². The molecule has 0 saturated heterocycles. The van der Waals surface area contributed by atoms with Gasteiger partial charge in [-0.05, 0) is 39.0 Å². The quantitative estimate of drug-likeness (QED) is 0.689. The van der Waals surface area contributed by atoms with Crippen molar-refractivity contribution in [3.63, 3.8) is 0 Å². The molecule has 4 amide bonds. The molecule has 0 radical (unpaired) electrons. The van der Waals surface area contributed by atoms with Gasteiger partial charge in [-0.15, -0.1) is 0 Å². The average Bonchev–Trinajstić information content (AvgIpc) is 2.67. The van der Waals surface area contributed by atoms with Crippen LogP contribution in [0.15, 0.2) is 30.6 Å². The summed E-state index contributed by atoms with van der Waals surface area (Å²) < 4.78 is 0. The highest BCUT2D eigenvalue weighted by molar-refractivity contribution is 6.07. The Balaban J connectivity index is 2.37. The van der Waals surface area contributed by atoms with Crippen molar-refractivity contribution < 1.29 is 14.4 Å². The number of amides is 4. The Kier molecular flexibility index (Phi) is 7.24. The highest BCUT2D eigenvalue weighted by Crippen LogP contribution is 2.21. The van der Waals surface area contributed by atoms with Crippen LogP contribution in [0.1, 0.15) is 41.5 Å². The van der Waals surface area contributed by atoms with Crippen LogP contribution in [0.5, 0.6) is 0 Å². The average molecular weight is 398 g/mol. The van der Waals surface area contributed by atoms with Gasteiger partial charge in [-0.25, -0.2) is 9.78 Å². The van der Waals surface area contributed by atoms with E-state index in [1.165, 1.54) is 11.1 Å². The van der Waals surface area contributed by atoms with Crippen LogP contribution in [0.2, 0.25) is 0 Å². The van der Waals surface area contributed by atoms with Crippen molar-refractivity contribution in [3.8, 4) is 11.3 Å². The molecule has 29 heavy (non-hydrogen) atoms. The summed E-state index contributed by atoms with van der Waals surface area (Å²) in [6.45, 7) is 6.02. The van der Waals surface area contributed by atoms with Crippen LogP contribution in [0.25, 0.3) is 11.3 Å². The lowest BCUT2D eigenvalue weighted by atomic mass is 10.0. The van der Waals surface area contributed by atoms with Gasteiger partial charge in [0, 0.05) is 44.6 Å². The number of pyridine rings is 2. The maximum atomic E-state index is 12.6. The molecule has 9 nitrogen and oxygen atoms in total. The predicted octanol–water partition coefficient (Wildman–Crippen LogP) is 2.12. The smallest absolute Gasteiger partial charge is 0.320 e. The van der Waals surface area contributed by atoms with Gasteiger partial charge < -0.3 is 15.5 Å². The number of nitrogens with one attached hydrogen (secondary N) is 3. The second-order valence-electron chi connectivity index (χ2n) is 6.86. The van der Waals surface area contributed by atoms with E-state index < -0.39 is 0 Å². The molecule has 0 aromatic carbocycles. The fourth-order valence-corrected chi connectivity index (χ4v) is 2.49. The Morgan fingerprint density at radius 1 is 1.07 bits per heavy atom. The minimum atomic E-state index is -0.351. The van der Waals surface area contributed by atoms with Gasteiger partial charge in [0.05, 0.1) is 16.8 Å². The van der Waals surface area contributed by atoms with Gasteiger partial charge in [0.15, 0.2) is 0 Å². The molecule has 0 bridgehead atoms. The molecule has 0 aliphatic heterocycles. The zero-order valence-corrected chi connectivity index (χ0v) is 17.2. The van der Waals surface area contributed by atoms with Gasteiger partial charge >= 0.3 is 6.03 Å². The minimum Gasteiger partial charge on any atom is -0.350 e. The number of carbonyl (C=O) groups excluding carboxylic acids is 3. The first kappa shape index (κ1) is 21.8. The summed E-state index contributed by atoms with van der Waals surface area (Å²) in [5.74, 6) is -0.272. The van der Waals surface area contributed by atoms with Crippen molar-refractivity contribution in [1.82, 2.24) is 25.5 Å². The molecule has 154 valence electrons. The van der Waals surface area contributed by atoms with Gasteiger partial charge in [0.1, 0.15) is 5.82 Å². The van der Waals surface area contributed by atoms with E-state index in [4.69, 9.17) is 0 Å². The summed E-state index contributed by atoms with van der Waals surface area (Å²) in [6, 6.07) is 4.52. The number of carbonyl (C=O) groups is 3. The Hall–Kier alpha value is -3.49. The summed E-state index contributed by atoms with van der Waals surface area (Å²) in [5, 5.41) is 8.04. The fraction of sp³-hybridized carbons (Fsp3) is 0.350. The summed E-state index contributed by atoms with van der Waals surface area (Å²) >= 11 is 0. The van der Waals surface area contributed by atoms with E-state index in [1.807, 2.05) is 20.8 Å². The van der Waals surface area contributed by atoms with Crippen molar-refractivity contribution in [3.05, 3.63) is 41.7 Å². The number of hydrogen-bond donors (Lipinski definition) is 3. The molecule has 0 spiro atoms. The second-order valence-corrected chi connectivity index (χ2v) is 6.86. The Morgan fingerprint density at radius 3 is 2.34 bits per heavy atom. The SMILES string of the molecule is CCNC(=O)Nc1ccc(-c2cc(C(=O)NC(C)C)c(C(=O)N(C)C)cn2)cn1. The summed E-state index contributed by atoms with van der Waals surface area (Å²) in [7, 11) is 3.23. The zero-order valence-electron chi connectivity index (χ0n) is 17.2. The van der Waals surface area contributed by atoms with E-state index in [1.54, 1.807) is 38.5 Å². The lowest BCUT2D eigenvalue weighted by Crippen LogP contribution is -2.33. The molecular weight excluding hydrogens is 372 g/mol. The van der Waals surface area contributed by atoms with Gasteiger partial charge in [-0.3, -0.25) is 19.9 Å². The highest BCUT2D eigenvalue weighted by atomic mass is 16.2. The molecular formula is C20H26N6O3. The van der Waals surface area contributed by atoms with Crippen LogP contribution in [-0.4, -0.2) is 59.4 Å². The third kappa shape index (κ3) is 5.74. The van der Waals surface area contributed by atoms with Crippen LogP contribution < -0.4 is 16.0 Å². The molecule has 0 atom stereocenters. The van der Waals surface area contributed by atoms with Crippen LogP contribution in [-0.2, 0) is 0 Å². The van der Waals surface area contributed by atoms with E-state index in [9.17, 15) is 14.4 Å². The van der Waals surface area contributed by atoms with Crippen LogP contribution in [0.3, 0.4) is 0 Å². The molecule has 9 heteroatoms. The van der Waals surface area contributed by atoms with Crippen molar-refractivity contribution in [1.29, 1.82) is 0 Å². The normalized spacial score (nSPS) is 10.4. The summed E-state index contributed by atoms with van der Waals surface area (Å²) in [5.41, 5.74) is 1.60.